The molecule has 2 atom stereocenters. The first-order chi connectivity index (χ1) is 18.4. The van der Waals surface area contributed by atoms with Gasteiger partial charge < -0.3 is 24.8 Å². The number of methoxy groups -OCH3 is 1. The van der Waals surface area contributed by atoms with Gasteiger partial charge in [-0.2, -0.15) is 0 Å². The zero-order valence-corrected chi connectivity index (χ0v) is 23.7. The highest BCUT2D eigenvalue weighted by Gasteiger charge is 2.42. The van der Waals surface area contributed by atoms with Crippen LogP contribution in [0.3, 0.4) is 0 Å². The number of carbonyl (C=O) groups excluding carboxylic acids is 1. The van der Waals surface area contributed by atoms with Crippen molar-refractivity contribution in [2.75, 3.05) is 23.9 Å². The first-order valence-electron chi connectivity index (χ1n) is 12.2. The molecule has 194 valence electrons. The summed E-state index contributed by atoms with van der Waals surface area (Å²) >= 11 is 9.62. The van der Waals surface area contributed by atoms with Crippen molar-refractivity contribution in [3.05, 3.63) is 106 Å². The van der Waals surface area contributed by atoms with E-state index in [1.54, 1.807) is 0 Å². The highest BCUT2D eigenvalue weighted by atomic mass is 79.9. The summed E-state index contributed by atoms with van der Waals surface area (Å²) in [6.45, 7) is 4.27. The molecule has 5 rings (SSSR count). The lowest BCUT2D eigenvalue weighted by atomic mass is 9.96. The van der Waals surface area contributed by atoms with E-state index in [1.165, 1.54) is 7.11 Å². The molecular formula is C29H28BrN5O2S. The molecule has 1 saturated heterocycles. The summed E-state index contributed by atoms with van der Waals surface area (Å²) in [5, 5.41) is 6.99. The molecule has 3 heterocycles. The van der Waals surface area contributed by atoms with Crippen LogP contribution in [0.15, 0.2) is 83.5 Å². The molecule has 38 heavy (non-hydrogen) atoms. The van der Waals surface area contributed by atoms with Crippen LogP contribution in [0.4, 0.5) is 11.4 Å². The molecule has 1 aliphatic heterocycles. The van der Waals surface area contributed by atoms with Gasteiger partial charge in [0.15, 0.2) is 5.11 Å². The van der Waals surface area contributed by atoms with Gasteiger partial charge in [-0.1, -0.05) is 18.2 Å². The lowest BCUT2D eigenvalue weighted by molar-refractivity contribution is -0.119. The maximum absolute atomic E-state index is 12.0. The van der Waals surface area contributed by atoms with E-state index in [-0.39, 0.29) is 24.6 Å². The molecular weight excluding hydrogens is 562 g/mol. The van der Waals surface area contributed by atoms with Gasteiger partial charge in [-0.25, -0.2) is 0 Å². The van der Waals surface area contributed by atoms with Crippen LogP contribution in [0.25, 0.3) is 5.69 Å². The number of rotatable bonds is 7. The van der Waals surface area contributed by atoms with Gasteiger partial charge in [0.1, 0.15) is 6.61 Å². The van der Waals surface area contributed by atoms with E-state index < -0.39 is 0 Å². The maximum Gasteiger partial charge on any atom is 0.250 e. The number of aryl methyl sites for hydroxylation is 1. The van der Waals surface area contributed by atoms with E-state index in [0.717, 1.165) is 38.5 Å². The van der Waals surface area contributed by atoms with Crippen LogP contribution in [-0.2, 0) is 9.53 Å². The Morgan fingerprint density at radius 2 is 1.84 bits per heavy atom. The van der Waals surface area contributed by atoms with Crippen molar-refractivity contribution in [2.24, 2.45) is 0 Å². The number of aromatic nitrogens is 2. The summed E-state index contributed by atoms with van der Waals surface area (Å²) in [6.07, 6.45) is 1.81. The van der Waals surface area contributed by atoms with Crippen LogP contribution in [0.1, 0.15) is 34.7 Å². The average Bonchev–Trinajstić information content (AvgIpc) is 3.40. The van der Waals surface area contributed by atoms with Crippen LogP contribution in [0.5, 0.6) is 0 Å². The van der Waals surface area contributed by atoms with Gasteiger partial charge in [0.05, 0.1) is 23.5 Å². The fourth-order valence-electron chi connectivity index (χ4n) is 5.07. The van der Waals surface area contributed by atoms with Gasteiger partial charge in [0.2, 0.25) is 5.91 Å². The Morgan fingerprint density at radius 3 is 2.53 bits per heavy atom. The first kappa shape index (κ1) is 26.1. The molecule has 2 aromatic heterocycles. The Bertz CT molecular complexity index is 1470. The number of halogens is 1. The lowest BCUT2D eigenvalue weighted by Gasteiger charge is -2.28. The number of nitrogens with one attached hydrogen (secondary N) is 2. The Labute approximate surface area is 236 Å². The third kappa shape index (κ3) is 4.97. The van der Waals surface area contributed by atoms with Crippen molar-refractivity contribution >= 4 is 50.5 Å². The first-order valence-corrected chi connectivity index (χ1v) is 13.4. The zero-order valence-electron chi connectivity index (χ0n) is 21.3. The summed E-state index contributed by atoms with van der Waals surface area (Å²) < 4.78 is 8.21. The van der Waals surface area contributed by atoms with Gasteiger partial charge in [0.25, 0.3) is 0 Å². The average molecular weight is 591 g/mol. The maximum atomic E-state index is 12.0. The Balaban J connectivity index is 1.59. The summed E-state index contributed by atoms with van der Waals surface area (Å²) in [7, 11) is 1.50. The van der Waals surface area contributed by atoms with E-state index in [2.05, 4.69) is 73.1 Å². The summed E-state index contributed by atoms with van der Waals surface area (Å²) in [5.41, 5.74) is 7.01. The summed E-state index contributed by atoms with van der Waals surface area (Å²) in [4.78, 5) is 18.8. The smallest absolute Gasteiger partial charge is 0.250 e. The molecule has 1 fully saturated rings. The van der Waals surface area contributed by atoms with Crippen LogP contribution < -0.4 is 15.5 Å². The molecule has 9 heteroatoms. The van der Waals surface area contributed by atoms with E-state index >= 15 is 0 Å². The van der Waals surface area contributed by atoms with Gasteiger partial charge in [-0.15, -0.1) is 0 Å². The largest absolute Gasteiger partial charge is 0.375 e. The second-order valence-electron chi connectivity index (χ2n) is 9.14. The number of thiocarbonyl (C=S) groups is 1. The van der Waals surface area contributed by atoms with E-state index in [9.17, 15) is 4.79 Å². The van der Waals surface area contributed by atoms with Crippen LogP contribution >= 0.6 is 28.1 Å². The molecule has 2 aromatic carbocycles. The number of nitrogens with zero attached hydrogens (tertiary/aromatic N) is 3. The molecule has 0 aliphatic carbocycles. The summed E-state index contributed by atoms with van der Waals surface area (Å²) in [6, 6.07) is 23.8. The minimum absolute atomic E-state index is 0.00284. The van der Waals surface area contributed by atoms with Crippen molar-refractivity contribution in [2.45, 2.75) is 25.9 Å². The van der Waals surface area contributed by atoms with Crippen molar-refractivity contribution in [3.63, 3.8) is 0 Å². The van der Waals surface area contributed by atoms with Crippen LogP contribution in [-0.4, -0.2) is 34.3 Å². The van der Waals surface area contributed by atoms with E-state index in [4.69, 9.17) is 17.0 Å². The minimum Gasteiger partial charge on any atom is -0.375 e. The number of benzene rings is 2. The number of para-hydroxylation sites is 1. The van der Waals surface area contributed by atoms with Gasteiger partial charge in [-0.05, 0) is 102 Å². The van der Waals surface area contributed by atoms with Crippen LogP contribution in [0, 0.1) is 13.8 Å². The van der Waals surface area contributed by atoms with E-state index in [0.29, 0.717) is 10.8 Å². The third-order valence-electron chi connectivity index (χ3n) is 6.69. The number of hydrogen-bond donors (Lipinski definition) is 2. The molecule has 1 amide bonds. The fourth-order valence-corrected chi connectivity index (χ4v) is 5.88. The normalized spacial score (nSPS) is 16.9. The standard InChI is InChI=1S/C29H28BrN5O2S/c1-18-16-22(19(2)34(18)25-10-5-4-8-23(25)30)28-27(24-9-6-7-15-31-24)33-29(38)35(28)21-13-11-20(12-14-21)32-26(36)17-37-3/h4-16,27-28H,17H2,1-3H3,(H,32,36)(H,33,38). The molecule has 0 bridgehead atoms. The number of hydrogen-bond acceptors (Lipinski definition) is 4. The third-order valence-corrected chi connectivity index (χ3v) is 7.67. The molecule has 4 aromatic rings. The van der Waals surface area contributed by atoms with Crippen molar-refractivity contribution in [3.8, 4) is 5.69 Å². The number of amides is 1. The molecule has 2 unspecified atom stereocenters. The monoisotopic (exact) mass is 589 g/mol. The molecule has 0 radical (unpaired) electrons. The lowest BCUT2D eigenvalue weighted by Crippen LogP contribution is -2.29. The van der Waals surface area contributed by atoms with Gasteiger partial charge in [-0.3, -0.25) is 9.78 Å². The highest BCUT2D eigenvalue weighted by molar-refractivity contribution is 9.10. The fraction of sp³-hybridized carbons (Fsp3) is 0.207. The molecule has 7 nitrogen and oxygen atoms in total. The minimum atomic E-state index is -0.203. The molecule has 0 spiro atoms. The Morgan fingerprint density at radius 1 is 1.11 bits per heavy atom. The summed E-state index contributed by atoms with van der Waals surface area (Å²) in [5.74, 6) is -0.203. The van der Waals surface area contributed by atoms with Crippen LogP contribution in [0.2, 0.25) is 0 Å². The second kappa shape index (κ2) is 11.1. The molecule has 1 aliphatic rings. The Hall–Kier alpha value is -3.53. The van der Waals surface area contributed by atoms with E-state index in [1.807, 2.05) is 60.8 Å². The predicted octanol–water partition coefficient (Wildman–Crippen LogP) is 6.01. The topological polar surface area (TPSA) is 71.4 Å². The van der Waals surface area contributed by atoms with Crippen molar-refractivity contribution < 1.29 is 9.53 Å². The van der Waals surface area contributed by atoms with Crippen molar-refractivity contribution in [1.82, 2.24) is 14.9 Å². The molecule has 2 N–H and O–H groups in total. The number of anilines is 2. The zero-order chi connectivity index (χ0) is 26.8. The number of ether oxygens (including phenoxy) is 1. The van der Waals surface area contributed by atoms with Gasteiger partial charge in [0, 0.05) is 40.5 Å². The number of carbonyl (C=O) groups is 1. The Kier molecular flexibility index (Phi) is 7.60. The molecule has 0 saturated carbocycles. The quantitative estimate of drug-likeness (QED) is 0.257. The van der Waals surface area contributed by atoms with Crippen molar-refractivity contribution in [1.29, 1.82) is 0 Å². The highest BCUT2D eigenvalue weighted by Crippen LogP contribution is 2.44. The second-order valence-corrected chi connectivity index (χ2v) is 10.4. The predicted molar refractivity (Wildman–Crippen MR) is 158 cm³/mol. The van der Waals surface area contributed by atoms with Gasteiger partial charge >= 0.3 is 0 Å². The SMILES string of the molecule is COCC(=O)Nc1ccc(N2C(=S)NC(c3ccccn3)C2c2cc(C)n(-c3ccccc3Br)c2C)cc1. The number of pyridine rings is 1.